The molecule has 0 aliphatic heterocycles. The maximum absolute atomic E-state index is 12.7. The fourth-order valence-electron chi connectivity index (χ4n) is 3.86. The summed E-state index contributed by atoms with van der Waals surface area (Å²) in [4.78, 5) is 14.3. The fourth-order valence-corrected chi connectivity index (χ4v) is 4.91. The normalized spacial score (nSPS) is 12.7. The van der Waals surface area contributed by atoms with Crippen molar-refractivity contribution >= 4 is 26.6 Å². The standard InChI is InChI=1S/C24H23N3O4S/c1-17-7-10-20(11-8-17)32(30,31)26-14-13-21(18-5-3-2-4-6-18)23-16-25-24-12-9-19(27(28)29)15-22(23)24/h2-12,15-16,21,25-26H,13-14H2,1H3. The molecule has 164 valence electrons. The molecular formula is C24H23N3O4S. The molecule has 32 heavy (non-hydrogen) atoms. The van der Waals surface area contributed by atoms with E-state index in [1.165, 1.54) is 6.07 Å². The highest BCUT2D eigenvalue weighted by Gasteiger charge is 2.21. The molecule has 7 nitrogen and oxygen atoms in total. The van der Waals surface area contributed by atoms with Crippen LogP contribution in [0.3, 0.4) is 0 Å². The van der Waals surface area contributed by atoms with Crippen LogP contribution < -0.4 is 4.72 Å². The van der Waals surface area contributed by atoms with Crippen LogP contribution in [0.2, 0.25) is 0 Å². The Morgan fingerprint density at radius 2 is 1.75 bits per heavy atom. The Bertz CT molecular complexity index is 1350. The SMILES string of the molecule is Cc1ccc(S(=O)(=O)NCCC(c2ccccc2)c2c[nH]c3ccc([N+](=O)[O-])cc23)cc1. The number of aromatic nitrogens is 1. The highest BCUT2D eigenvalue weighted by atomic mass is 32.2. The number of benzene rings is 3. The predicted molar refractivity (Wildman–Crippen MR) is 124 cm³/mol. The second-order valence-electron chi connectivity index (χ2n) is 7.69. The van der Waals surface area contributed by atoms with Gasteiger partial charge < -0.3 is 4.98 Å². The molecule has 0 bridgehead atoms. The lowest BCUT2D eigenvalue weighted by molar-refractivity contribution is -0.384. The minimum absolute atomic E-state index is 0.0187. The molecule has 1 atom stereocenters. The first kappa shape index (κ1) is 21.7. The Balaban J connectivity index is 1.63. The molecule has 0 spiro atoms. The lowest BCUT2D eigenvalue weighted by Crippen LogP contribution is -2.26. The van der Waals surface area contributed by atoms with Gasteiger partial charge in [-0.1, -0.05) is 48.0 Å². The van der Waals surface area contributed by atoms with E-state index in [1.807, 2.05) is 43.5 Å². The molecule has 0 radical (unpaired) electrons. The van der Waals surface area contributed by atoms with E-state index < -0.39 is 14.9 Å². The zero-order chi connectivity index (χ0) is 22.7. The lowest BCUT2D eigenvalue weighted by atomic mass is 9.88. The summed E-state index contributed by atoms with van der Waals surface area (Å²) in [7, 11) is -3.63. The Kier molecular flexibility index (Phi) is 6.07. The van der Waals surface area contributed by atoms with E-state index in [1.54, 1.807) is 36.4 Å². The first-order valence-corrected chi connectivity index (χ1v) is 11.7. The molecule has 0 aliphatic rings. The molecule has 4 rings (SSSR count). The number of hydrogen-bond acceptors (Lipinski definition) is 4. The van der Waals surface area contributed by atoms with Gasteiger partial charge in [0.25, 0.3) is 5.69 Å². The summed E-state index contributed by atoms with van der Waals surface area (Å²) in [6, 6.07) is 21.2. The minimum Gasteiger partial charge on any atom is -0.361 e. The van der Waals surface area contributed by atoms with Crippen molar-refractivity contribution in [2.24, 2.45) is 0 Å². The molecule has 4 aromatic rings. The first-order valence-electron chi connectivity index (χ1n) is 10.2. The second-order valence-corrected chi connectivity index (χ2v) is 9.46. The number of sulfonamides is 1. The van der Waals surface area contributed by atoms with Crippen molar-refractivity contribution in [3.8, 4) is 0 Å². The number of nitro benzene ring substituents is 1. The van der Waals surface area contributed by atoms with Crippen molar-refractivity contribution in [3.05, 3.63) is 106 Å². The van der Waals surface area contributed by atoms with Crippen LogP contribution in [0.5, 0.6) is 0 Å². The van der Waals surface area contributed by atoms with Gasteiger partial charge in [-0.05, 0) is 42.7 Å². The monoisotopic (exact) mass is 449 g/mol. The van der Waals surface area contributed by atoms with Crippen molar-refractivity contribution < 1.29 is 13.3 Å². The summed E-state index contributed by atoms with van der Waals surface area (Å²) in [5.74, 6) is -0.146. The molecule has 3 aromatic carbocycles. The number of aromatic amines is 1. The summed E-state index contributed by atoms with van der Waals surface area (Å²) in [5, 5.41) is 12.0. The van der Waals surface area contributed by atoms with Crippen molar-refractivity contribution in [2.45, 2.75) is 24.2 Å². The van der Waals surface area contributed by atoms with Crippen LogP contribution >= 0.6 is 0 Å². The van der Waals surface area contributed by atoms with E-state index in [0.717, 1.165) is 27.6 Å². The molecule has 0 saturated carbocycles. The third-order valence-corrected chi connectivity index (χ3v) is 7.02. The van der Waals surface area contributed by atoms with E-state index in [-0.39, 0.29) is 23.0 Å². The van der Waals surface area contributed by atoms with Gasteiger partial charge in [0.1, 0.15) is 0 Å². The smallest absolute Gasteiger partial charge is 0.270 e. The number of rotatable bonds is 8. The summed E-state index contributed by atoms with van der Waals surface area (Å²) >= 11 is 0. The summed E-state index contributed by atoms with van der Waals surface area (Å²) < 4.78 is 28.1. The van der Waals surface area contributed by atoms with E-state index in [9.17, 15) is 18.5 Å². The topological polar surface area (TPSA) is 105 Å². The molecule has 0 fully saturated rings. The van der Waals surface area contributed by atoms with Crippen molar-refractivity contribution in [3.63, 3.8) is 0 Å². The number of non-ortho nitro benzene ring substituents is 1. The van der Waals surface area contributed by atoms with Gasteiger partial charge in [-0.2, -0.15) is 0 Å². The highest BCUT2D eigenvalue weighted by molar-refractivity contribution is 7.89. The number of nitro groups is 1. The molecule has 0 aliphatic carbocycles. The van der Waals surface area contributed by atoms with E-state index in [2.05, 4.69) is 9.71 Å². The number of fused-ring (bicyclic) bond motifs is 1. The molecule has 1 heterocycles. The molecule has 0 amide bonds. The van der Waals surface area contributed by atoms with Gasteiger partial charge >= 0.3 is 0 Å². The van der Waals surface area contributed by atoms with Crippen LogP contribution in [0.25, 0.3) is 10.9 Å². The highest BCUT2D eigenvalue weighted by Crippen LogP contribution is 2.34. The summed E-state index contributed by atoms with van der Waals surface area (Å²) in [5.41, 5.74) is 3.71. The van der Waals surface area contributed by atoms with Crippen LogP contribution in [0.15, 0.2) is 83.9 Å². The van der Waals surface area contributed by atoms with Crippen molar-refractivity contribution in [1.29, 1.82) is 0 Å². The number of hydrogen-bond donors (Lipinski definition) is 2. The molecule has 8 heteroatoms. The maximum Gasteiger partial charge on any atom is 0.270 e. The minimum atomic E-state index is -3.63. The van der Waals surface area contributed by atoms with Gasteiger partial charge in [-0.15, -0.1) is 0 Å². The Labute approximate surface area is 186 Å². The average molecular weight is 450 g/mol. The van der Waals surface area contributed by atoms with Gasteiger partial charge in [0.2, 0.25) is 10.0 Å². The maximum atomic E-state index is 12.7. The van der Waals surface area contributed by atoms with Crippen molar-refractivity contribution in [2.75, 3.05) is 6.54 Å². The molecule has 0 saturated heterocycles. The summed E-state index contributed by atoms with van der Waals surface area (Å²) in [6.07, 6.45) is 2.34. The first-order chi connectivity index (χ1) is 15.3. The van der Waals surface area contributed by atoms with Crippen LogP contribution in [-0.2, 0) is 10.0 Å². The van der Waals surface area contributed by atoms with Crippen LogP contribution in [0, 0.1) is 17.0 Å². The van der Waals surface area contributed by atoms with E-state index >= 15 is 0 Å². The Hall–Kier alpha value is -3.49. The second kappa shape index (κ2) is 8.94. The zero-order valence-corrected chi connectivity index (χ0v) is 18.3. The zero-order valence-electron chi connectivity index (χ0n) is 17.5. The van der Waals surface area contributed by atoms with Gasteiger partial charge in [0.05, 0.1) is 9.82 Å². The quantitative estimate of drug-likeness (QED) is 0.295. The van der Waals surface area contributed by atoms with Gasteiger partial charge in [0.15, 0.2) is 0 Å². The number of nitrogens with one attached hydrogen (secondary N) is 2. The lowest BCUT2D eigenvalue weighted by Gasteiger charge is -2.18. The van der Waals surface area contributed by atoms with Crippen LogP contribution in [-0.4, -0.2) is 24.9 Å². The van der Waals surface area contributed by atoms with Crippen molar-refractivity contribution in [1.82, 2.24) is 9.71 Å². The number of H-pyrrole nitrogens is 1. The molecule has 1 aromatic heterocycles. The molecule has 2 N–H and O–H groups in total. The third kappa shape index (κ3) is 4.56. The Morgan fingerprint density at radius 1 is 1.03 bits per heavy atom. The predicted octanol–water partition coefficient (Wildman–Crippen LogP) is 4.89. The van der Waals surface area contributed by atoms with Gasteiger partial charge in [0, 0.05) is 41.7 Å². The van der Waals surface area contributed by atoms with E-state index in [4.69, 9.17) is 0 Å². The van der Waals surface area contributed by atoms with Crippen LogP contribution in [0.1, 0.15) is 29.0 Å². The Morgan fingerprint density at radius 3 is 2.44 bits per heavy atom. The molecule has 1 unspecified atom stereocenters. The number of nitrogens with zero attached hydrogens (tertiary/aromatic N) is 1. The van der Waals surface area contributed by atoms with Gasteiger partial charge in [-0.3, -0.25) is 10.1 Å². The summed E-state index contributed by atoms with van der Waals surface area (Å²) in [6.45, 7) is 2.12. The van der Waals surface area contributed by atoms with Crippen LogP contribution in [0.4, 0.5) is 5.69 Å². The average Bonchev–Trinajstić information content (AvgIpc) is 3.20. The van der Waals surface area contributed by atoms with Gasteiger partial charge in [-0.25, -0.2) is 13.1 Å². The van der Waals surface area contributed by atoms with E-state index in [0.29, 0.717) is 6.42 Å². The number of aryl methyl sites for hydroxylation is 1. The fraction of sp³-hybridized carbons (Fsp3) is 0.167. The largest absolute Gasteiger partial charge is 0.361 e. The third-order valence-electron chi connectivity index (χ3n) is 5.54. The molecular weight excluding hydrogens is 426 g/mol.